The minimum Gasteiger partial charge on any atom is -0.478 e. The van der Waals surface area contributed by atoms with Crippen molar-refractivity contribution in [3.05, 3.63) is 53.1 Å². The molecular weight excluding hydrogens is 445 g/mol. The topological polar surface area (TPSA) is 86.7 Å². The van der Waals surface area contributed by atoms with Crippen molar-refractivity contribution in [3.63, 3.8) is 0 Å². The highest BCUT2D eigenvalue weighted by atomic mass is 32.2. The minimum atomic E-state index is -4.64. The van der Waals surface area contributed by atoms with E-state index in [9.17, 15) is 31.5 Å². The van der Waals surface area contributed by atoms with Gasteiger partial charge >= 0.3 is 12.1 Å². The maximum atomic E-state index is 13.4. The van der Waals surface area contributed by atoms with Crippen molar-refractivity contribution < 1.29 is 31.5 Å². The molecule has 0 amide bonds. The van der Waals surface area contributed by atoms with Gasteiger partial charge in [-0.1, -0.05) is 6.07 Å². The molecule has 2 N–H and O–H groups in total. The van der Waals surface area contributed by atoms with Crippen LogP contribution in [0.4, 0.5) is 24.5 Å². The van der Waals surface area contributed by atoms with Crippen molar-refractivity contribution in [2.45, 2.75) is 49.1 Å². The summed E-state index contributed by atoms with van der Waals surface area (Å²) in [4.78, 5) is 13.1. The Morgan fingerprint density at radius 3 is 2.31 bits per heavy atom. The lowest BCUT2D eigenvalue weighted by molar-refractivity contribution is -0.137. The SMILES string of the molecule is O=C(O)c1ccc(C2CC2)c(S(=O)(=O)Nc2cc(C(F)(F)F)ccc2N2CCCCC2)c1. The Labute approximate surface area is 184 Å². The van der Waals surface area contributed by atoms with Gasteiger partial charge in [0.1, 0.15) is 0 Å². The first-order valence-electron chi connectivity index (χ1n) is 10.4. The molecule has 2 aromatic rings. The van der Waals surface area contributed by atoms with Crippen LogP contribution in [0.15, 0.2) is 41.3 Å². The number of carboxylic acid groups (broad SMARTS) is 1. The number of hydrogen-bond acceptors (Lipinski definition) is 4. The molecule has 0 atom stereocenters. The predicted octanol–water partition coefficient (Wildman–Crippen LogP) is 5.07. The van der Waals surface area contributed by atoms with Gasteiger partial charge in [0, 0.05) is 13.1 Å². The molecule has 1 saturated carbocycles. The van der Waals surface area contributed by atoms with Crippen LogP contribution in [0.3, 0.4) is 0 Å². The Hall–Kier alpha value is -2.75. The number of anilines is 2. The average Bonchev–Trinajstić information content (AvgIpc) is 3.58. The van der Waals surface area contributed by atoms with E-state index in [2.05, 4.69) is 4.72 Å². The number of nitrogens with one attached hydrogen (secondary N) is 1. The number of sulfonamides is 1. The quantitative estimate of drug-likeness (QED) is 0.618. The van der Waals surface area contributed by atoms with Crippen LogP contribution in [0.2, 0.25) is 0 Å². The van der Waals surface area contributed by atoms with Crippen LogP contribution in [-0.4, -0.2) is 32.6 Å². The number of rotatable bonds is 6. The molecule has 2 aliphatic rings. The van der Waals surface area contributed by atoms with E-state index in [1.165, 1.54) is 18.2 Å². The number of nitrogens with zero attached hydrogens (tertiary/aromatic N) is 1. The monoisotopic (exact) mass is 468 g/mol. The van der Waals surface area contributed by atoms with Crippen molar-refractivity contribution in [2.75, 3.05) is 22.7 Å². The highest BCUT2D eigenvalue weighted by Crippen LogP contribution is 2.44. The zero-order chi connectivity index (χ0) is 23.1. The van der Waals surface area contributed by atoms with E-state index in [0.29, 0.717) is 24.3 Å². The van der Waals surface area contributed by atoms with Gasteiger partial charge in [0.15, 0.2) is 0 Å². The molecule has 0 aromatic heterocycles. The lowest BCUT2D eigenvalue weighted by Crippen LogP contribution is -2.30. The van der Waals surface area contributed by atoms with E-state index >= 15 is 0 Å². The van der Waals surface area contributed by atoms with E-state index in [1.807, 2.05) is 4.90 Å². The number of hydrogen-bond donors (Lipinski definition) is 2. The molecule has 2 fully saturated rings. The third kappa shape index (κ3) is 4.69. The molecule has 6 nitrogen and oxygen atoms in total. The average molecular weight is 468 g/mol. The normalized spacial score (nSPS) is 17.3. The standard InChI is InChI=1S/C22H23F3N2O4S/c23-22(24,25)16-7-9-19(27-10-2-1-3-11-27)18(13-16)26-32(30,31)20-12-15(21(28)29)6-8-17(20)14-4-5-14/h6-9,12-14,26H,1-5,10-11H2,(H,28,29). The molecule has 10 heteroatoms. The second kappa shape index (κ2) is 8.31. The predicted molar refractivity (Wildman–Crippen MR) is 114 cm³/mol. The Bertz CT molecular complexity index is 1140. The van der Waals surface area contributed by atoms with Gasteiger partial charge < -0.3 is 10.0 Å². The fourth-order valence-corrected chi connectivity index (χ4v) is 5.43. The molecule has 0 bridgehead atoms. The van der Waals surface area contributed by atoms with E-state index in [4.69, 9.17) is 0 Å². The molecule has 1 aliphatic carbocycles. The zero-order valence-corrected chi connectivity index (χ0v) is 18.0. The highest BCUT2D eigenvalue weighted by molar-refractivity contribution is 7.92. The molecule has 172 valence electrons. The number of carboxylic acids is 1. The summed E-state index contributed by atoms with van der Waals surface area (Å²) in [5.74, 6) is -1.29. The number of piperidine rings is 1. The molecule has 0 radical (unpaired) electrons. The number of alkyl halides is 3. The van der Waals surface area contributed by atoms with Crippen LogP contribution in [-0.2, 0) is 16.2 Å². The lowest BCUT2D eigenvalue weighted by atomic mass is 10.1. The summed E-state index contributed by atoms with van der Waals surface area (Å²) in [6.07, 6.45) is -0.359. The second-order valence-corrected chi connectivity index (χ2v) is 9.87. The number of halogens is 3. The van der Waals surface area contributed by atoms with Crippen molar-refractivity contribution in [3.8, 4) is 0 Å². The third-order valence-corrected chi connectivity index (χ3v) is 7.25. The Morgan fingerprint density at radius 1 is 1.03 bits per heavy atom. The number of aromatic carboxylic acids is 1. The molecule has 0 spiro atoms. The molecular formula is C22H23F3N2O4S. The highest BCUT2D eigenvalue weighted by Gasteiger charge is 2.34. The van der Waals surface area contributed by atoms with Crippen molar-refractivity contribution in [2.24, 2.45) is 0 Å². The molecule has 1 heterocycles. The van der Waals surface area contributed by atoms with Gasteiger partial charge in [-0.25, -0.2) is 13.2 Å². The first kappa shape index (κ1) is 22.4. The molecule has 0 unspecified atom stereocenters. The molecule has 1 saturated heterocycles. The zero-order valence-electron chi connectivity index (χ0n) is 17.2. The summed E-state index contributed by atoms with van der Waals surface area (Å²) in [6.45, 7) is 1.23. The molecule has 32 heavy (non-hydrogen) atoms. The molecule has 4 rings (SSSR count). The van der Waals surface area contributed by atoms with Gasteiger partial charge in [0.2, 0.25) is 0 Å². The Balaban J connectivity index is 1.78. The summed E-state index contributed by atoms with van der Waals surface area (Å²) in [5.41, 5.74) is -0.463. The van der Waals surface area contributed by atoms with Crippen LogP contribution in [0.1, 0.15) is 59.5 Å². The maximum absolute atomic E-state index is 13.4. The smallest absolute Gasteiger partial charge is 0.416 e. The van der Waals surface area contributed by atoms with Crippen LogP contribution in [0.25, 0.3) is 0 Å². The molecule has 1 aliphatic heterocycles. The van der Waals surface area contributed by atoms with E-state index < -0.39 is 27.7 Å². The van der Waals surface area contributed by atoms with E-state index in [0.717, 1.165) is 50.3 Å². The lowest BCUT2D eigenvalue weighted by Gasteiger charge is -2.31. The molecule has 2 aromatic carbocycles. The summed E-state index contributed by atoms with van der Waals surface area (Å²) >= 11 is 0. The van der Waals surface area contributed by atoms with Gasteiger partial charge in [0.05, 0.1) is 27.4 Å². The van der Waals surface area contributed by atoms with Gasteiger partial charge in [-0.3, -0.25) is 4.72 Å². The van der Waals surface area contributed by atoms with Crippen LogP contribution in [0.5, 0.6) is 0 Å². The van der Waals surface area contributed by atoms with Gasteiger partial charge in [0.25, 0.3) is 10.0 Å². The summed E-state index contributed by atoms with van der Waals surface area (Å²) in [6, 6.07) is 6.95. The number of benzene rings is 2. The first-order chi connectivity index (χ1) is 15.1. The van der Waals surface area contributed by atoms with E-state index in [1.54, 1.807) is 0 Å². The van der Waals surface area contributed by atoms with Crippen molar-refractivity contribution in [1.29, 1.82) is 0 Å². The Kier molecular flexibility index (Phi) is 5.83. The van der Waals surface area contributed by atoms with Crippen molar-refractivity contribution in [1.82, 2.24) is 0 Å². The minimum absolute atomic E-state index is 0.00695. The maximum Gasteiger partial charge on any atom is 0.416 e. The Morgan fingerprint density at radius 2 is 1.72 bits per heavy atom. The summed E-state index contributed by atoms with van der Waals surface area (Å²) in [5, 5.41) is 9.30. The van der Waals surface area contributed by atoms with Crippen LogP contribution >= 0.6 is 0 Å². The van der Waals surface area contributed by atoms with Crippen LogP contribution < -0.4 is 9.62 Å². The summed E-state index contributed by atoms with van der Waals surface area (Å²) in [7, 11) is -4.34. The fraction of sp³-hybridized carbons (Fsp3) is 0.409. The fourth-order valence-electron chi connectivity index (χ4n) is 4.04. The largest absolute Gasteiger partial charge is 0.478 e. The van der Waals surface area contributed by atoms with Gasteiger partial charge in [-0.15, -0.1) is 0 Å². The second-order valence-electron chi connectivity index (χ2n) is 8.21. The van der Waals surface area contributed by atoms with Crippen molar-refractivity contribution >= 4 is 27.4 Å². The first-order valence-corrected chi connectivity index (χ1v) is 11.9. The van der Waals surface area contributed by atoms with Gasteiger partial charge in [-0.2, -0.15) is 13.2 Å². The van der Waals surface area contributed by atoms with Gasteiger partial charge in [-0.05, 0) is 73.9 Å². The summed E-state index contributed by atoms with van der Waals surface area (Å²) < 4.78 is 69.1. The van der Waals surface area contributed by atoms with E-state index in [-0.39, 0.29) is 22.1 Å². The van der Waals surface area contributed by atoms with Crippen LogP contribution in [0, 0.1) is 0 Å². The third-order valence-electron chi connectivity index (χ3n) is 5.83. The number of carbonyl (C=O) groups is 1.